The van der Waals surface area contributed by atoms with Crippen LogP contribution in [0, 0.1) is 0 Å². The summed E-state index contributed by atoms with van der Waals surface area (Å²) in [5.74, 6) is 0. The van der Waals surface area contributed by atoms with Crippen molar-refractivity contribution in [3.8, 4) is 0 Å². The summed E-state index contributed by atoms with van der Waals surface area (Å²) in [7, 11) is -0.123. The lowest BCUT2D eigenvalue weighted by molar-refractivity contribution is 0.334. The first-order chi connectivity index (χ1) is 10.8. The van der Waals surface area contributed by atoms with Gasteiger partial charge in [-0.15, -0.1) is 0 Å². The van der Waals surface area contributed by atoms with E-state index in [1.807, 2.05) is 0 Å². The van der Waals surface area contributed by atoms with E-state index in [0.29, 0.717) is 0 Å². The van der Waals surface area contributed by atoms with Crippen molar-refractivity contribution in [2.24, 2.45) is 0 Å². The molecule has 0 N–H and O–H groups in total. The second-order valence-electron chi connectivity index (χ2n) is 6.65. The predicted molar refractivity (Wildman–Crippen MR) is 104 cm³/mol. The molecule has 0 unspecified atom stereocenters. The molecule has 0 heterocycles. The molecule has 0 aromatic heterocycles. The van der Waals surface area contributed by atoms with Crippen LogP contribution >= 0.6 is 8.15 Å². The molecule has 0 rings (SSSR count). The highest BCUT2D eigenvalue weighted by Crippen LogP contribution is 2.39. The SMILES string of the molecule is CCCCCCCP(CCCCCCC)OCCCCCC. The highest BCUT2D eigenvalue weighted by Gasteiger charge is 2.08. The molecule has 134 valence electrons. The van der Waals surface area contributed by atoms with E-state index in [2.05, 4.69) is 20.8 Å². The molecule has 0 saturated heterocycles. The molecule has 0 aliphatic heterocycles. The minimum Gasteiger partial charge on any atom is -0.359 e. The Morgan fingerprint density at radius 1 is 0.500 bits per heavy atom. The molecular formula is C20H43OP. The first kappa shape index (κ1) is 22.4. The fraction of sp³-hybridized carbons (Fsp3) is 1.00. The van der Waals surface area contributed by atoms with Crippen LogP contribution in [0.3, 0.4) is 0 Å². The third-order valence-electron chi connectivity index (χ3n) is 4.29. The standard InChI is InChI=1S/C20H43OP/c1-4-7-10-13-16-19-22(20-17-14-11-8-5-2)21-18-15-12-9-6-3/h4-20H2,1-3H3. The molecule has 0 bridgehead atoms. The Kier molecular flexibility index (Phi) is 19.8. The van der Waals surface area contributed by atoms with Crippen LogP contribution in [0.15, 0.2) is 0 Å². The Balaban J connectivity index is 3.72. The average Bonchev–Trinajstić information content (AvgIpc) is 2.53. The van der Waals surface area contributed by atoms with E-state index in [0.717, 1.165) is 6.61 Å². The molecule has 0 aliphatic carbocycles. The quantitative estimate of drug-likeness (QED) is 0.183. The smallest absolute Gasteiger partial charge is 0.0508 e. The molecule has 0 spiro atoms. The fourth-order valence-corrected chi connectivity index (χ4v) is 4.77. The second-order valence-corrected chi connectivity index (χ2v) is 8.77. The summed E-state index contributed by atoms with van der Waals surface area (Å²) in [6.07, 6.45) is 22.0. The molecule has 0 fully saturated rings. The van der Waals surface area contributed by atoms with E-state index >= 15 is 0 Å². The summed E-state index contributed by atoms with van der Waals surface area (Å²) in [5.41, 5.74) is 0. The number of hydrogen-bond donors (Lipinski definition) is 0. The Hall–Kier alpha value is 0.390. The third-order valence-corrected chi connectivity index (χ3v) is 6.47. The Bertz CT molecular complexity index is 163. The summed E-state index contributed by atoms with van der Waals surface area (Å²) >= 11 is 0. The largest absolute Gasteiger partial charge is 0.359 e. The lowest BCUT2D eigenvalue weighted by Gasteiger charge is -2.18. The van der Waals surface area contributed by atoms with E-state index in [1.54, 1.807) is 0 Å². The van der Waals surface area contributed by atoms with Gasteiger partial charge in [-0.3, -0.25) is 0 Å². The summed E-state index contributed by atoms with van der Waals surface area (Å²) in [6, 6.07) is 0. The van der Waals surface area contributed by atoms with Gasteiger partial charge in [-0.05, 0) is 31.6 Å². The van der Waals surface area contributed by atoms with E-state index in [9.17, 15) is 0 Å². The number of unbranched alkanes of at least 4 members (excludes halogenated alkanes) is 11. The van der Waals surface area contributed by atoms with Crippen molar-refractivity contribution in [3.63, 3.8) is 0 Å². The summed E-state index contributed by atoms with van der Waals surface area (Å²) in [5, 5.41) is 0. The van der Waals surface area contributed by atoms with Crippen LogP contribution in [0.4, 0.5) is 0 Å². The molecule has 0 saturated carbocycles. The van der Waals surface area contributed by atoms with Gasteiger partial charge < -0.3 is 4.52 Å². The van der Waals surface area contributed by atoms with Crippen molar-refractivity contribution in [2.45, 2.75) is 111 Å². The normalized spacial score (nSPS) is 11.5. The maximum atomic E-state index is 6.27. The predicted octanol–water partition coefficient (Wildman–Crippen LogP) is 7.92. The van der Waals surface area contributed by atoms with Crippen molar-refractivity contribution in [2.75, 3.05) is 18.9 Å². The zero-order chi connectivity index (χ0) is 16.3. The van der Waals surface area contributed by atoms with E-state index in [1.165, 1.54) is 102 Å². The molecule has 0 radical (unpaired) electrons. The Morgan fingerprint density at radius 2 is 0.909 bits per heavy atom. The first-order valence-electron chi connectivity index (χ1n) is 10.2. The summed E-state index contributed by atoms with van der Waals surface area (Å²) in [4.78, 5) is 0. The lowest BCUT2D eigenvalue weighted by Crippen LogP contribution is -1.98. The van der Waals surface area contributed by atoms with Gasteiger partial charge >= 0.3 is 0 Å². The van der Waals surface area contributed by atoms with Crippen LogP contribution in [0.25, 0.3) is 0 Å². The van der Waals surface area contributed by atoms with Crippen LogP contribution in [0.5, 0.6) is 0 Å². The van der Waals surface area contributed by atoms with Crippen LogP contribution < -0.4 is 0 Å². The Morgan fingerprint density at radius 3 is 1.36 bits per heavy atom. The zero-order valence-corrected chi connectivity index (χ0v) is 16.8. The van der Waals surface area contributed by atoms with Crippen LogP contribution in [-0.4, -0.2) is 18.9 Å². The van der Waals surface area contributed by atoms with Gasteiger partial charge in [0.15, 0.2) is 0 Å². The molecule has 1 nitrogen and oxygen atoms in total. The van der Waals surface area contributed by atoms with E-state index < -0.39 is 0 Å². The zero-order valence-electron chi connectivity index (χ0n) is 15.9. The molecule has 0 aromatic carbocycles. The van der Waals surface area contributed by atoms with Crippen LogP contribution in [-0.2, 0) is 4.52 Å². The van der Waals surface area contributed by atoms with Crippen LogP contribution in [0.2, 0.25) is 0 Å². The molecule has 0 amide bonds. The van der Waals surface area contributed by atoms with Gasteiger partial charge in [-0.25, -0.2) is 0 Å². The average molecular weight is 331 g/mol. The van der Waals surface area contributed by atoms with Gasteiger partial charge in [0.25, 0.3) is 0 Å². The maximum Gasteiger partial charge on any atom is 0.0508 e. The molecule has 2 heteroatoms. The molecule has 0 atom stereocenters. The molecular weight excluding hydrogens is 287 g/mol. The third kappa shape index (κ3) is 16.8. The monoisotopic (exact) mass is 330 g/mol. The van der Waals surface area contributed by atoms with Gasteiger partial charge in [0.2, 0.25) is 0 Å². The van der Waals surface area contributed by atoms with E-state index in [4.69, 9.17) is 4.52 Å². The van der Waals surface area contributed by atoms with Gasteiger partial charge in [0, 0.05) is 8.15 Å². The minimum atomic E-state index is -0.123. The van der Waals surface area contributed by atoms with Gasteiger partial charge in [0.05, 0.1) is 6.61 Å². The molecule has 0 aliphatic rings. The van der Waals surface area contributed by atoms with Crippen molar-refractivity contribution >= 4 is 8.15 Å². The number of hydrogen-bond acceptors (Lipinski definition) is 1. The van der Waals surface area contributed by atoms with E-state index in [-0.39, 0.29) is 8.15 Å². The highest BCUT2D eigenvalue weighted by molar-refractivity contribution is 7.52. The van der Waals surface area contributed by atoms with Crippen LogP contribution in [0.1, 0.15) is 111 Å². The summed E-state index contributed by atoms with van der Waals surface area (Å²) < 4.78 is 6.27. The molecule has 0 aromatic rings. The lowest BCUT2D eigenvalue weighted by atomic mass is 10.2. The second kappa shape index (κ2) is 19.4. The van der Waals surface area contributed by atoms with Crippen molar-refractivity contribution in [3.05, 3.63) is 0 Å². The van der Waals surface area contributed by atoms with Crippen molar-refractivity contribution < 1.29 is 4.52 Å². The van der Waals surface area contributed by atoms with Gasteiger partial charge in [0.1, 0.15) is 0 Å². The highest BCUT2D eigenvalue weighted by atomic mass is 31.1. The van der Waals surface area contributed by atoms with Gasteiger partial charge in [-0.2, -0.15) is 0 Å². The van der Waals surface area contributed by atoms with Crippen molar-refractivity contribution in [1.82, 2.24) is 0 Å². The van der Waals surface area contributed by atoms with Gasteiger partial charge in [-0.1, -0.05) is 91.4 Å². The number of rotatable bonds is 18. The first-order valence-corrected chi connectivity index (χ1v) is 11.9. The minimum absolute atomic E-state index is 0.123. The van der Waals surface area contributed by atoms with Crippen molar-refractivity contribution in [1.29, 1.82) is 0 Å². The maximum absolute atomic E-state index is 6.27. The summed E-state index contributed by atoms with van der Waals surface area (Å²) in [6.45, 7) is 7.89. The fourth-order valence-electron chi connectivity index (χ4n) is 2.75. The Labute approximate surface area is 142 Å². The topological polar surface area (TPSA) is 9.23 Å². The molecule has 22 heavy (non-hydrogen) atoms.